The molecule has 0 radical (unpaired) electrons. The first-order chi connectivity index (χ1) is 11.5. The van der Waals surface area contributed by atoms with Gasteiger partial charge < -0.3 is 15.4 Å². The highest BCUT2D eigenvalue weighted by Gasteiger charge is 2.07. The van der Waals surface area contributed by atoms with Crippen molar-refractivity contribution in [1.82, 2.24) is 5.32 Å². The van der Waals surface area contributed by atoms with Gasteiger partial charge in [0.05, 0.1) is 0 Å². The first-order valence-corrected chi connectivity index (χ1v) is 7.87. The summed E-state index contributed by atoms with van der Waals surface area (Å²) in [7, 11) is 0. The maximum absolute atomic E-state index is 12.0. The highest BCUT2D eigenvalue weighted by atomic mass is 16.5. The molecule has 2 aromatic rings. The summed E-state index contributed by atoms with van der Waals surface area (Å²) in [5.41, 5.74) is 3.25. The van der Waals surface area contributed by atoms with Crippen LogP contribution in [0.15, 0.2) is 42.5 Å². The number of ether oxygens (including phenoxy) is 1. The smallest absolute Gasteiger partial charge is 0.262 e. The second kappa shape index (κ2) is 8.15. The minimum Gasteiger partial charge on any atom is -0.483 e. The minimum absolute atomic E-state index is 0.0671. The average Bonchev–Trinajstić information content (AvgIpc) is 2.56. The van der Waals surface area contributed by atoms with Crippen molar-refractivity contribution in [1.29, 1.82) is 0 Å². The van der Waals surface area contributed by atoms with Crippen LogP contribution in [-0.2, 0) is 4.79 Å². The van der Waals surface area contributed by atoms with Crippen molar-refractivity contribution in [2.24, 2.45) is 0 Å². The summed E-state index contributed by atoms with van der Waals surface area (Å²) in [6.07, 6.45) is 0. The van der Waals surface area contributed by atoms with Crippen LogP contribution in [0.4, 0.5) is 5.69 Å². The van der Waals surface area contributed by atoms with Gasteiger partial charge in [-0.1, -0.05) is 12.1 Å². The molecule has 0 aromatic heterocycles. The molecule has 24 heavy (non-hydrogen) atoms. The third kappa shape index (κ3) is 4.84. The highest BCUT2D eigenvalue weighted by Crippen LogP contribution is 2.19. The van der Waals surface area contributed by atoms with Crippen LogP contribution in [0.2, 0.25) is 0 Å². The van der Waals surface area contributed by atoms with E-state index >= 15 is 0 Å². The van der Waals surface area contributed by atoms with E-state index in [-0.39, 0.29) is 18.4 Å². The van der Waals surface area contributed by atoms with Crippen molar-refractivity contribution in [3.05, 3.63) is 59.2 Å². The first-order valence-electron chi connectivity index (χ1n) is 7.87. The third-order valence-electron chi connectivity index (χ3n) is 3.47. The van der Waals surface area contributed by atoms with E-state index in [0.717, 1.165) is 11.1 Å². The van der Waals surface area contributed by atoms with Crippen LogP contribution < -0.4 is 15.4 Å². The highest BCUT2D eigenvalue weighted by molar-refractivity contribution is 5.96. The first kappa shape index (κ1) is 17.5. The summed E-state index contributed by atoms with van der Waals surface area (Å²) in [4.78, 5) is 23.7. The Bertz CT molecular complexity index is 724. The van der Waals surface area contributed by atoms with Crippen molar-refractivity contribution in [3.63, 3.8) is 0 Å². The van der Waals surface area contributed by atoms with Gasteiger partial charge in [-0.2, -0.15) is 0 Å². The van der Waals surface area contributed by atoms with Crippen LogP contribution in [0.3, 0.4) is 0 Å². The van der Waals surface area contributed by atoms with Gasteiger partial charge in [-0.25, -0.2) is 0 Å². The largest absolute Gasteiger partial charge is 0.483 e. The monoisotopic (exact) mass is 326 g/mol. The Morgan fingerprint density at radius 3 is 2.42 bits per heavy atom. The maximum Gasteiger partial charge on any atom is 0.262 e. The summed E-state index contributed by atoms with van der Waals surface area (Å²) in [6.45, 7) is 6.28. The molecule has 2 rings (SSSR count). The Hall–Kier alpha value is -2.82. The van der Waals surface area contributed by atoms with Crippen LogP contribution >= 0.6 is 0 Å². The standard InChI is InChI=1S/C19H22N2O3/c1-4-20-19(23)15-7-9-16(10-8-15)21-18(22)12-24-17-11-13(2)5-6-14(17)3/h5-11H,4,12H2,1-3H3,(H,20,23)(H,21,22). The maximum atomic E-state index is 12.0. The lowest BCUT2D eigenvalue weighted by atomic mass is 10.1. The zero-order chi connectivity index (χ0) is 17.5. The summed E-state index contributed by atoms with van der Waals surface area (Å²) in [6, 6.07) is 12.6. The number of benzene rings is 2. The quantitative estimate of drug-likeness (QED) is 0.857. The summed E-state index contributed by atoms with van der Waals surface area (Å²) in [5.74, 6) is 0.326. The Labute approximate surface area is 142 Å². The molecule has 0 atom stereocenters. The summed E-state index contributed by atoms with van der Waals surface area (Å²) >= 11 is 0. The molecule has 0 aliphatic rings. The van der Waals surface area contributed by atoms with Gasteiger partial charge in [0, 0.05) is 17.8 Å². The number of aryl methyl sites for hydroxylation is 2. The molecule has 0 aliphatic heterocycles. The number of carbonyl (C=O) groups is 2. The van der Waals surface area contributed by atoms with Crippen molar-refractivity contribution in [3.8, 4) is 5.75 Å². The Balaban J connectivity index is 1.90. The van der Waals surface area contributed by atoms with Gasteiger partial charge in [-0.3, -0.25) is 9.59 Å². The lowest BCUT2D eigenvalue weighted by molar-refractivity contribution is -0.118. The van der Waals surface area contributed by atoms with Gasteiger partial charge in [-0.05, 0) is 62.2 Å². The normalized spacial score (nSPS) is 10.1. The number of rotatable bonds is 6. The summed E-state index contributed by atoms with van der Waals surface area (Å²) in [5, 5.41) is 5.47. The zero-order valence-electron chi connectivity index (χ0n) is 14.2. The number of hydrogen-bond donors (Lipinski definition) is 2. The minimum atomic E-state index is -0.248. The fourth-order valence-corrected chi connectivity index (χ4v) is 2.17. The molecular formula is C19H22N2O3. The second-order valence-corrected chi connectivity index (χ2v) is 5.54. The third-order valence-corrected chi connectivity index (χ3v) is 3.47. The molecule has 0 spiro atoms. The molecule has 2 N–H and O–H groups in total. The molecule has 5 nitrogen and oxygen atoms in total. The fraction of sp³-hybridized carbons (Fsp3) is 0.263. The predicted molar refractivity (Wildman–Crippen MR) is 94.5 cm³/mol. The summed E-state index contributed by atoms with van der Waals surface area (Å²) < 4.78 is 5.57. The lowest BCUT2D eigenvalue weighted by Crippen LogP contribution is -2.23. The van der Waals surface area contributed by atoms with Crippen LogP contribution in [0.1, 0.15) is 28.4 Å². The molecule has 5 heteroatoms. The van der Waals surface area contributed by atoms with E-state index < -0.39 is 0 Å². The average molecular weight is 326 g/mol. The molecule has 2 amide bonds. The molecule has 126 valence electrons. The van der Waals surface area contributed by atoms with E-state index in [1.165, 1.54) is 0 Å². The van der Waals surface area contributed by atoms with E-state index in [2.05, 4.69) is 10.6 Å². The van der Waals surface area contributed by atoms with Crippen LogP contribution in [0.25, 0.3) is 0 Å². The van der Waals surface area contributed by atoms with E-state index in [9.17, 15) is 9.59 Å². The number of anilines is 1. The van der Waals surface area contributed by atoms with Crippen molar-refractivity contribution in [2.75, 3.05) is 18.5 Å². The van der Waals surface area contributed by atoms with Crippen molar-refractivity contribution in [2.45, 2.75) is 20.8 Å². The van der Waals surface area contributed by atoms with Gasteiger partial charge >= 0.3 is 0 Å². The number of hydrogen-bond acceptors (Lipinski definition) is 3. The molecule has 0 heterocycles. The number of nitrogens with one attached hydrogen (secondary N) is 2. The van der Waals surface area contributed by atoms with E-state index in [0.29, 0.717) is 23.5 Å². The van der Waals surface area contributed by atoms with Gasteiger partial charge in [0.2, 0.25) is 0 Å². The van der Waals surface area contributed by atoms with E-state index in [4.69, 9.17) is 4.74 Å². The van der Waals surface area contributed by atoms with Gasteiger partial charge in [0.15, 0.2) is 6.61 Å². The number of amides is 2. The van der Waals surface area contributed by atoms with Crippen molar-refractivity contribution < 1.29 is 14.3 Å². The van der Waals surface area contributed by atoms with Crippen LogP contribution in [0, 0.1) is 13.8 Å². The second-order valence-electron chi connectivity index (χ2n) is 5.54. The molecule has 0 saturated heterocycles. The van der Waals surface area contributed by atoms with Gasteiger partial charge in [-0.15, -0.1) is 0 Å². The Morgan fingerprint density at radius 2 is 1.75 bits per heavy atom. The van der Waals surface area contributed by atoms with Crippen LogP contribution in [0.5, 0.6) is 5.75 Å². The SMILES string of the molecule is CCNC(=O)c1ccc(NC(=O)COc2cc(C)ccc2C)cc1. The van der Waals surface area contributed by atoms with E-state index in [1.807, 2.05) is 39.0 Å². The van der Waals surface area contributed by atoms with Gasteiger partial charge in [0.1, 0.15) is 5.75 Å². The molecule has 0 aliphatic carbocycles. The number of carbonyl (C=O) groups excluding carboxylic acids is 2. The molecule has 2 aromatic carbocycles. The molecule has 0 saturated carbocycles. The Kier molecular flexibility index (Phi) is 5.95. The van der Waals surface area contributed by atoms with Gasteiger partial charge in [0.25, 0.3) is 11.8 Å². The molecule has 0 unspecified atom stereocenters. The Morgan fingerprint density at radius 1 is 1.04 bits per heavy atom. The molecule has 0 bridgehead atoms. The van der Waals surface area contributed by atoms with Crippen LogP contribution in [-0.4, -0.2) is 25.0 Å². The van der Waals surface area contributed by atoms with Crippen molar-refractivity contribution >= 4 is 17.5 Å². The predicted octanol–water partition coefficient (Wildman–Crippen LogP) is 3.07. The zero-order valence-corrected chi connectivity index (χ0v) is 14.2. The topological polar surface area (TPSA) is 67.4 Å². The lowest BCUT2D eigenvalue weighted by Gasteiger charge is -2.10. The molecule has 0 fully saturated rings. The molecular weight excluding hydrogens is 304 g/mol. The fourth-order valence-electron chi connectivity index (χ4n) is 2.17. The van der Waals surface area contributed by atoms with E-state index in [1.54, 1.807) is 24.3 Å².